The highest BCUT2D eigenvalue weighted by atomic mass is 32.1. The minimum Gasteiger partial charge on any atom is -0.497 e. The van der Waals surface area contributed by atoms with Crippen LogP contribution in [0.5, 0.6) is 5.75 Å². The van der Waals surface area contributed by atoms with Crippen LogP contribution in [-0.4, -0.2) is 25.4 Å². The number of ether oxygens (including phenoxy) is 2. The van der Waals surface area contributed by atoms with Crippen molar-refractivity contribution in [3.63, 3.8) is 0 Å². The standard InChI is InChI=1S/C15H14N2O3S/c1-18-9-12-4-3-11(20-12)8-16-15-17-13-6-5-10(19-2)7-14(13)21-15/h3-8H,9H2,1-2H3. The summed E-state index contributed by atoms with van der Waals surface area (Å²) in [6.45, 7) is 0.453. The van der Waals surface area contributed by atoms with Crippen LogP contribution in [-0.2, 0) is 11.3 Å². The Morgan fingerprint density at radius 3 is 3.00 bits per heavy atom. The number of thiazole rings is 1. The zero-order chi connectivity index (χ0) is 14.7. The van der Waals surface area contributed by atoms with Crippen LogP contribution in [0.25, 0.3) is 10.2 Å². The van der Waals surface area contributed by atoms with Gasteiger partial charge in [-0.3, -0.25) is 0 Å². The van der Waals surface area contributed by atoms with Crippen molar-refractivity contribution < 1.29 is 13.9 Å². The molecule has 21 heavy (non-hydrogen) atoms. The fourth-order valence-electron chi connectivity index (χ4n) is 1.88. The van der Waals surface area contributed by atoms with Crippen molar-refractivity contribution in [2.45, 2.75) is 6.61 Å². The molecule has 0 N–H and O–H groups in total. The van der Waals surface area contributed by atoms with Crippen LogP contribution in [0.2, 0.25) is 0 Å². The first-order valence-electron chi connectivity index (χ1n) is 6.35. The van der Waals surface area contributed by atoms with Crippen LogP contribution >= 0.6 is 11.3 Å². The maximum Gasteiger partial charge on any atom is 0.210 e. The third-order valence-corrected chi connectivity index (χ3v) is 3.78. The Morgan fingerprint density at radius 2 is 2.19 bits per heavy atom. The Kier molecular flexibility index (Phi) is 3.98. The number of benzene rings is 1. The zero-order valence-electron chi connectivity index (χ0n) is 11.7. The molecule has 0 saturated carbocycles. The van der Waals surface area contributed by atoms with Gasteiger partial charge < -0.3 is 13.9 Å². The van der Waals surface area contributed by atoms with Crippen LogP contribution in [0.1, 0.15) is 11.5 Å². The summed E-state index contributed by atoms with van der Waals surface area (Å²) in [5.74, 6) is 2.27. The van der Waals surface area contributed by atoms with Gasteiger partial charge in [-0.2, -0.15) is 0 Å². The number of furan rings is 1. The van der Waals surface area contributed by atoms with E-state index in [9.17, 15) is 0 Å². The second-order valence-corrected chi connectivity index (χ2v) is 5.33. The summed E-state index contributed by atoms with van der Waals surface area (Å²) in [6, 6.07) is 9.49. The third kappa shape index (κ3) is 3.12. The molecule has 0 unspecified atom stereocenters. The van der Waals surface area contributed by atoms with Crippen molar-refractivity contribution in [2.75, 3.05) is 14.2 Å². The summed E-state index contributed by atoms with van der Waals surface area (Å²) >= 11 is 1.51. The predicted octanol–water partition coefficient (Wildman–Crippen LogP) is 3.79. The lowest BCUT2D eigenvalue weighted by molar-refractivity contribution is 0.164. The number of methoxy groups -OCH3 is 2. The predicted molar refractivity (Wildman–Crippen MR) is 82.8 cm³/mol. The van der Waals surface area contributed by atoms with Gasteiger partial charge in [0.05, 0.1) is 23.5 Å². The van der Waals surface area contributed by atoms with Crippen molar-refractivity contribution in [3.05, 3.63) is 41.9 Å². The van der Waals surface area contributed by atoms with Gasteiger partial charge in [-0.25, -0.2) is 9.98 Å². The van der Waals surface area contributed by atoms with E-state index in [2.05, 4.69) is 9.98 Å². The Morgan fingerprint density at radius 1 is 1.29 bits per heavy atom. The van der Waals surface area contributed by atoms with Gasteiger partial charge in [0, 0.05) is 7.11 Å². The summed E-state index contributed by atoms with van der Waals surface area (Å²) < 4.78 is 16.8. The maximum atomic E-state index is 5.54. The highest BCUT2D eigenvalue weighted by molar-refractivity contribution is 7.22. The number of aliphatic imine (C=N–C) groups is 1. The maximum absolute atomic E-state index is 5.54. The molecule has 0 saturated heterocycles. The average molecular weight is 302 g/mol. The normalized spacial score (nSPS) is 11.5. The Balaban J connectivity index is 1.81. The van der Waals surface area contributed by atoms with Crippen LogP contribution in [0, 0.1) is 0 Å². The summed E-state index contributed by atoms with van der Waals surface area (Å²) in [5, 5.41) is 0.683. The summed E-state index contributed by atoms with van der Waals surface area (Å²) in [4.78, 5) is 8.79. The van der Waals surface area contributed by atoms with E-state index < -0.39 is 0 Å². The molecule has 0 amide bonds. The van der Waals surface area contributed by atoms with E-state index >= 15 is 0 Å². The van der Waals surface area contributed by atoms with Gasteiger partial charge in [-0.05, 0) is 30.3 Å². The summed E-state index contributed by atoms with van der Waals surface area (Å²) in [7, 11) is 3.28. The fourth-order valence-corrected chi connectivity index (χ4v) is 2.72. The average Bonchev–Trinajstić information content (AvgIpc) is 3.10. The Labute approximate surface area is 125 Å². The van der Waals surface area contributed by atoms with E-state index in [0.29, 0.717) is 17.5 Å². The number of rotatable bonds is 5. The smallest absolute Gasteiger partial charge is 0.210 e. The van der Waals surface area contributed by atoms with Crippen LogP contribution < -0.4 is 4.74 Å². The lowest BCUT2D eigenvalue weighted by atomic mass is 10.3. The minimum atomic E-state index is 0.453. The van der Waals surface area contributed by atoms with Crippen LogP contribution in [0.15, 0.2) is 39.7 Å². The summed E-state index contributed by atoms with van der Waals surface area (Å²) in [6.07, 6.45) is 1.66. The summed E-state index contributed by atoms with van der Waals surface area (Å²) in [5.41, 5.74) is 0.910. The molecule has 0 aliphatic carbocycles. The number of hydrogen-bond acceptors (Lipinski definition) is 6. The lowest BCUT2D eigenvalue weighted by Crippen LogP contribution is -1.82. The second kappa shape index (κ2) is 6.07. The molecule has 0 fully saturated rings. The molecule has 108 valence electrons. The number of nitrogens with zero attached hydrogens (tertiary/aromatic N) is 2. The van der Waals surface area contributed by atoms with E-state index in [1.54, 1.807) is 20.4 Å². The molecule has 3 aromatic rings. The Hall–Kier alpha value is -2.18. The largest absolute Gasteiger partial charge is 0.497 e. The molecule has 3 rings (SSSR count). The monoisotopic (exact) mass is 302 g/mol. The lowest BCUT2D eigenvalue weighted by Gasteiger charge is -1.96. The van der Waals surface area contributed by atoms with E-state index in [1.165, 1.54) is 11.3 Å². The van der Waals surface area contributed by atoms with Gasteiger partial charge >= 0.3 is 0 Å². The topological polar surface area (TPSA) is 56.9 Å². The van der Waals surface area contributed by atoms with Crippen LogP contribution in [0.4, 0.5) is 5.13 Å². The van der Waals surface area contributed by atoms with Crippen LogP contribution in [0.3, 0.4) is 0 Å². The van der Waals surface area contributed by atoms with Crippen molar-refractivity contribution >= 4 is 32.9 Å². The molecule has 0 aliphatic heterocycles. The Bertz CT molecular complexity index is 776. The quantitative estimate of drug-likeness (QED) is 0.673. The molecule has 0 aliphatic rings. The van der Waals surface area contributed by atoms with E-state index in [4.69, 9.17) is 13.9 Å². The second-order valence-electron chi connectivity index (χ2n) is 4.33. The van der Waals surface area contributed by atoms with Crippen molar-refractivity contribution in [2.24, 2.45) is 4.99 Å². The SMILES string of the molecule is COCc1ccc(C=Nc2nc3ccc(OC)cc3s2)o1. The minimum absolute atomic E-state index is 0.453. The molecule has 2 aromatic heterocycles. The van der Waals surface area contributed by atoms with Crippen molar-refractivity contribution in [1.29, 1.82) is 0 Å². The number of aromatic nitrogens is 1. The van der Waals surface area contributed by atoms with Gasteiger partial charge in [0.1, 0.15) is 23.9 Å². The molecule has 2 heterocycles. The van der Waals surface area contributed by atoms with Gasteiger partial charge in [0.15, 0.2) is 0 Å². The first-order chi connectivity index (χ1) is 10.3. The zero-order valence-corrected chi connectivity index (χ0v) is 12.5. The van der Waals surface area contributed by atoms with E-state index in [-0.39, 0.29) is 0 Å². The molecule has 0 atom stereocenters. The number of fused-ring (bicyclic) bond motifs is 1. The highest BCUT2D eigenvalue weighted by Crippen LogP contribution is 2.30. The molecule has 1 aromatic carbocycles. The molecule has 0 bridgehead atoms. The van der Waals surface area contributed by atoms with Gasteiger partial charge in [0.25, 0.3) is 0 Å². The molecule has 0 radical (unpaired) electrons. The highest BCUT2D eigenvalue weighted by Gasteiger charge is 2.04. The molecule has 5 nitrogen and oxygen atoms in total. The first kappa shape index (κ1) is 13.8. The fraction of sp³-hybridized carbons (Fsp3) is 0.200. The van der Waals surface area contributed by atoms with Gasteiger partial charge in [-0.1, -0.05) is 11.3 Å². The molecular formula is C15H14N2O3S. The first-order valence-corrected chi connectivity index (χ1v) is 7.16. The van der Waals surface area contributed by atoms with Crippen molar-refractivity contribution in [3.8, 4) is 5.75 Å². The molecular weight excluding hydrogens is 288 g/mol. The van der Waals surface area contributed by atoms with Gasteiger partial charge in [0.2, 0.25) is 5.13 Å². The van der Waals surface area contributed by atoms with E-state index in [1.807, 2.05) is 30.3 Å². The van der Waals surface area contributed by atoms with E-state index in [0.717, 1.165) is 21.7 Å². The molecule has 0 spiro atoms. The number of hydrogen-bond donors (Lipinski definition) is 0. The molecule has 6 heteroatoms. The third-order valence-electron chi connectivity index (χ3n) is 2.86. The van der Waals surface area contributed by atoms with Crippen molar-refractivity contribution in [1.82, 2.24) is 4.98 Å². The van der Waals surface area contributed by atoms with Gasteiger partial charge in [-0.15, -0.1) is 0 Å².